The van der Waals surface area contributed by atoms with Gasteiger partial charge < -0.3 is 5.11 Å². The molecule has 92 valence electrons. The minimum Gasteiger partial charge on any atom is -0.395 e. The van der Waals surface area contributed by atoms with Crippen LogP contribution in [0.5, 0.6) is 0 Å². The second-order valence-electron chi connectivity index (χ2n) is 3.68. The van der Waals surface area contributed by atoms with Gasteiger partial charge in [0.15, 0.2) is 0 Å². The van der Waals surface area contributed by atoms with E-state index in [0.29, 0.717) is 12.1 Å². The summed E-state index contributed by atoms with van der Waals surface area (Å²) in [5.41, 5.74) is 2.08. The molecule has 17 heavy (non-hydrogen) atoms. The third kappa shape index (κ3) is 4.89. The first-order chi connectivity index (χ1) is 7.92. The Labute approximate surface area is 102 Å². The van der Waals surface area contributed by atoms with Gasteiger partial charge in [0.2, 0.25) is 10.0 Å². The fourth-order valence-electron chi connectivity index (χ4n) is 1.23. The van der Waals surface area contributed by atoms with Crippen LogP contribution in [0.25, 0.3) is 0 Å². The van der Waals surface area contributed by atoms with Crippen LogP contribution >= 0.6 is 0 Å². The molecule has 1 aromatic rings. The molecule has 2 N–H and O–H groups in total. The van der Waals surface area contributed by atoms with Crippen molar-refractivity contribution < 1.29 is 13.5 Å². The predicted molar refractivity (Wildman–Crippen MR) is 68.2 cm³/mol. The molecule has 1 rings (SSSR count). The summed E-state index contributed by atoms with van der Waals surface area (Å²) in [5, 5.41) is 8.60. The number of aliphatic hydroxyl groups excluding tert-OH is 1. The highest BCUT2D eigenvalue weighted by Crippen LogP contribution is 2.17. The summed E-state index contributed by atoms with van der Waals surface area (Å²) in [5.74, 6) is 5.64. The largest absolute Gasteiger partial charge is 0.395 e. The van der Waals surface area contributed by atoms with Crippen molar-refractivity contribution in [3.8, 4) is 11.8 Å². The smallest absolute Gasteiger partial charge is 0.229 e. The maximum atomic E-state index is 11.1. The van der Waals surface area contributed by atoms with Gasteiger partial charge in [-0.1, -0.05) is 17.9 Å². The van der Waals surface area contributed by atoms with E-state index < -0.39 is 10.0 Å². The Morgan fingerprint density at radius 3 is 2.71 bits per heavy atom. The zero-order chi connectivity index (χ0) is 12.9. The zero-order valence-corrected chi connectivity index (χ0v) is 10.6. The highest BCUT2D eigenvalue weighted by atomic mass is 32.2. The van der Waals surface area contributed by atoms with Gasteiger partial charge in [0.1, 0.15) is 0 Å². The fourth-order valence-corrected chi connectivity index (χ4v) is 1.85. The molecule has 0 aliphatic rings. The molecule has 0 saturated heterocycles. The van der Waals surface area contributed by atoms with Crippen molar-refractivity contribution in [2.75, 3.05) is 17.6 Å². The van der Waals surface area contributed by atoms with E-state index in [1.54, 1.807) is 12.1 Å². The highest BCUT2D eigenvalue weighted by molar-refractivity contribution is 7.92. The first-order valence-corrected chi connectivity index (χ1v) is 6.99. The molecule has 0 aromatic heterocycles. The Balaban J connectivity index is 3.00. The first kappa shape index (κ1) is 13.6. The molecule has 0 radical (unpaired) electrons. The van der Waals surface area contributed by atoms with Gasteiger partial charge in [-0.05, 0) is 24.6 Å². The number of aryl methyl sites for hydroxylation is 1. The molecule has 0 fully saturated rings. The average molecular weight is 253 g/mol. The van der Waals surface area contributed by atoms with E-state index in [1.165, 1.54) is 0 Å². The fraction of sp³-hybridized carbons (Fsp3) is 0.333. The molecule has 0 spiro atoms. The van der Waals surface area contributed by atoms with Gasteiger partial charge in [-0.2, -0.15) is 0 Å². The van der Waals surface area contributed by atoms with Crippen molar-refractivity contribution in [2.24, 2.45) is 0 Å². The van der Waals surface area contributed by atoms with E-state index in [2.05, 4.69) is 16.6 Å². The Hall–Kier alpha value is -1.51. The van der Waals surface area contributed by atoms with Crippen LogP contribution in [0.2, 0.25) is 0 Å². The van der Waals surface area contributed by atoms with Crippen LogP contribution in [0.3, 0.4) is 0 Å². The normalized spacial score (nSPS) is 10.5. The molecule has 0 atom stereocenters. The minimum absolute atomic E-state index is 0.0211. The van der Waals surface area contributed by atoms with Crippen molar-refractivity contribution in [1.82, 2.24) is 0 Å². The number of nitrogens with one attached hydrogen (secondary N) is 1. The molecule has 0 bridgehead atoms. The predicted octanol–water partition coefficient (Wildman–Crippen LogP) is 1.10. The lowest BCUT2D eigenvalue weighted by molar-refractivity contribution is 0.305. The van der Waals surface area contributed by atoms with Crippen molar-refractivity contribution in [3.63, 3.8) is 0 Å². The van der Waals surface area contributed by atoms with E-state index in [4.69, 9.17) is 5.11 Å². The topological polar surface area (TPSA) is 66.4 Å². The molecule has 0 unspecified atom stereocenters. The summed E-state index contributed by atoms with van der Waals surface area (Å²) >= 11 is 0. The lowest BCUT2D eigenvalue weighted by Gasteiger charge is -2.07. The van der Waals surface area contributed by atoms with Crippen LogP contribution in [0.15, 0.2) is 18.2 Å². The molecular formula is C12H15NO3S. The van der Waals surface area contributed by atoms with E-state index in [1.807, 2.05) is 13.0 Å². The Morgan fingerprint density at radius 2 is 2.12 bits per heavy atom. The summed E-state index contributed by atoms with van der Waals surface area (Å²) in [4.78, 5) is 0. The molecule has 0 saturated carbocycles. The van der Waals surface area contributed by atoms with Gasteiger partial charge in [0.05, 0.1) is 18.6 Å². The second-order valence-corrected chi connectivity index (χ2v) is 5.43. The molecule has 1 aromatic carbocycles. The number of hydrogen-bond donors (Lipinski definition) is 2. The van der Waals surface area contributed by atoms with Crippen LogP contribution in [-0.2, 0) is 10.0 Å². The summed E-state index contributed by atoms with van der Waals surface area (Å²) < 4.78 is 24.7. The number of anilines is 1. The van der Waals surface area contributed by atoms with Gasteiger partial charge >= 0.3 is 0 Å². The number of rotatable bonds is 3. The standard InChI is InChI=1S/C12H15NO3S/c1-10-6-7-11(5-3-4-8-14)9-12(10)13-17(2,15)16/h6-7,9,13-14H,4,8H2,1-2H3. The van der Waals surface area contributed by atoms with Gasteiger partial charge in [-0.3, -0.25) is 4.72 Å². The quantitative estimate of drug-likeness (QED) is 0.793. The average Bonchev–Trinajstić information content (AvgIpc) is 2.21. The van der Waals surface area contributed by atoms with E-state index in [9.17, 15) is 8.42 Å². The minimum atomic E-state index is -3.28. The number of aliphatic hydroxyl groups is 1. The van der Waals surface area contributed by atoms with E-state index in [0.717, 1.165) is 17.4 Å². The van der Waals surface area contributed by atoms with Crippen LogP contribution in [0.1, 0.15) is 17.5 Å². The maximum Gasteiger partial charge on any atom is 0.229 e. The molecular weight excluding hydrogens is 238 g/mol. The molecule has 0 heterocycles. The molecule has 0 aliphatic carbocycles. The van der Waals surface area contributed by atoms with Crippen LogP contribution in [0.4, 0.5) is 5.69 Å². The van der Waals surface area contributed by atoms with Crippen molar-refractivity contribution >= 4 is 15.7 Å². The van der Waals surface area contributed by atoms with Gasteiger partial charge in [-0.15, -0.1) is 0 Å². The van der Waals surface area contributed by atoms with Crippen molar-refractivity contribution in [2.45, 2.75) is 13.3 Å². The second kappa shape index (κ2) is 5.71. The maximum absolute atomic E-state index is 11.1. The van der Waals surface area contributed by atoms with Gasteiger partial charge in [0, 0.05) is 12.0 Å². The number of hydrogen-bond acceptors (Lipinski definition) is 3. The highest BCUT2D eigenvalue weighted by Gasteiger charge is 2.05. The summed E-state index contributed by atoms with van der Waals surface area (Å²) in [6.07, 6.45) is 1.51. The monoisotopic (exact) mass is 253 g/mol. The van der Waals surface area contributed by atoms with Crippen molar-refractivity contribution in [3.05, 3.63) is 29.3 Å². The molecule has 0 aliphatic heterocycles. The Kier molecular flexibility index (Phi) is 4.55. The van der Waals surface area contributed by atoms with Crippen LogP contribution in [0, 0.1) is 18.8 Å². The SMILES string of the molecule is Cc1ccc(C#CCCO)cc1NS(C)(=O)=O. The third-order valence-electron chi connectivity index (χ3n) is 2.00. The number of sulfonamides is 1. The Morgan fingerprint density at radius 1 is 1.41 bits per heavy atom. The van der Waals surface area contributed by atoms with Crippen LogP contribution < -0.4 is 4.72 Å². The van der Waals surface area contributed by atoms with Crippen molar-refractivity contribution in [1.29, 1.82) is 0 Å². The summed E-state index contributed by atoms with van der Waals surface area (Å²) in [6.45, 7) is 1.84. The lowest BCUT2D eigenvalue weighted by Crippen LogP contribution is -2.10. The van der Waals surface area contributed by atoms with Crippen LogP contribution in [-0.4, -0.2) is 26.4 Å². The first-order valence-electron chi connectivity index (χ1n) is 5.10. The number of benzene rings is 1. The van der Waals surface area contributed by atoms with Gasteiger partial charge in [0.25, 0.3) is 0 Å². The zero-order valence-electron chi connectivity index (χ0n) is 9.82. The van der Waals surface area contributed by atoms with E-state index >= 15 is 0 Å². The Bertz CT molecular complexity index is 553. The molecule has 5 heteroatoms. The summed E-state index contributed by atoms with van der Waals surface area (Å²) in [7, 11) is -3.28. The lowest BCUT2D eigenvalue weighted by atomic mass is 10.1. The summed E-state index contributed by atoms with van der Waals surface area (Å²) in [6, 6.07) is 5.30. The molecule has 4 nitrogen and oxygen atoms in total. The third-order valence-corrected chi connectivity index (χ3v) is 2.59. The van der Waals surface area contributed by atoms with E-state index in [-0.39, 0.29) is 6.61 Å². The van der Waals surface area contributed by atoms with Gasteiger partial charge in [-0.25, -0.2) is 8.42 Å². The molecule has 0 amide bonds.